The molecule has 0 spiro atoms. The van der Waals surface area contributed by atoms with E-state index < -0.39 is 0 Å². The molecule has 0 aliphatic heterocycles. The highest BCUT2D eigenvalue weighted by molar-refractivity contribution is 9.10. The van der Waals surface area contributed by atoms with Gasteiger partial charge >= 0.3 is 0 Å². The van der Waals surface area contributed by atoms with Crippen LogP contribution in [0.3, 0.4) is 0 Å². The van der Waals surface area contributed by atoms with Crippen molar-refractivity contribution in [1.82, 2.24) is 10.2 Å². The van der Waals surface area contributed by atoms with E-state index in [1.807, 2.05) is 25.5 Å². The molecule has 1 aromatic heterocycles. The van der Waals surface area contributed by atoms with Gasteiger partial charge < -0.3 is 15.0 Å². The van der Waals surface area contributed by atoms with Gasteiger partial charge in [0.05, 0.1) is 17.6 Å². The molecule has 0 unspecified atom stereocenters. The van der Waals surface area contributed by atoms with Crippen molar-refractivity contribution in [2.45, 2.75) is 6.04 Å². The standard InChI is InChI=1S/C16H19BrN2O2S/c1-19(2)13(15-5-4-8-22-15)10-18-16(20)11-6-7-14(21-3)12(17)9-11/h4-9,13H,10H2,1-3H3,(H,18,20)/t13-/m1/s1. The molecule has 1 N–H and O–H groups in total. The van der Waals surface area contributed by atoms with Crippen LogP contribution in [-0.2, 0) is 0 Å². The SMILES string of the molecule is COc1ccc(C(=O)NC[C@H](c2cccs2)N(C)C)cc1Br. The van der Waals surface area contributed by atoms with Crippen molar-refractivity contribution >= 4 is 33.2 Å². The quantitative estimate of drug-likeness (QED) is 0.830. The number of nitrogens with one attached hydrogen (secondary N) is 1. The van der Waals surface area contributed by atoms with Crippen molar-refractivity contribution in [3.8, 4) is 5.75 Å². The van der Waals surface area contributed by atoms with E-state index in [1.165, 1.54) is 4.88 Å². The molecule has 1 heterocycles. The zero-order valence-corrected chi connectivity index (χ0v) is 15.2. The Morgan fingerprint density at radius 2 is 2.18 bits per heavy atom. The lowest BCUT2D eigenvalue weighted by Crippen LogP contribution is -2.34. The second-order valence-electron chi connectivity index (χ2n) is 5.05. The van der Waals surface area contributed by atoms with Gasteiger partial charge in [-0.3, -0.25) is 4.79 Å². The maximum Gasteiger partial charge on any atom is 0.251 e. The summed E-state index contributed by atoms with van der Waals surface area (Å²) >= 11 is 5.10. The van der Waals surface area contributed by atoms with E-state index in [-0.39, 0.29) is 11.9 Å². The topological polar surface area (TPSA) is 41.6 Å². The summed E-state index contributed by atoms with van der Waals surface area (Å²) in [4.78, 5) is 15.6. The van der Waals surface area contributed by atoms with Crippen LogP contribution in [0.25, 0.3) is 0 Å². The Balaban J connectivity index is 2.04. The summed E-state index contributed by atoms with van der Waals surface area (Å²) in [5.41, 5.74) is 0.608. The predicted octanol–water partition coefficient (Wildman–Crippen LogP) is 3.55. The molecule has 1 amide bonds. The third-order valence-electron chi connectivity index (χ3n) is 3.36. The molecular weight excluding hydrogens is 364 g/mol. The summed E-state index contributed by atoms with van der Waals surface area (Å²) in [6.07, 6.45) is 0. The second-order valence-corrected chi connectivity index (χ2v) is 6.89. The maximum absolute atomic E-state index is 12.3. The van der Waals surface area contributed by atoms with E-state index in [2.05, 4.69) is 32.2 Å². The van der Waals surface area contributed by atoms with E-state index >= 15 is 0 Å². The first kappa shape index (κ1) is 17.0. The largest absolute Gasteiger partial charge is 0.496 e. The first-order valence-electron chi connectivity index (χ1n) is 6.84. The van der Waals surface area contributed by atoms with Gasteiger partial charge in [-0.15, -0.1) is 11.3 Å². The number of amides is 1. The number of carbonyl (C=O) groups excluding carboxylic acids is 1. The van der Waals surface area contributed by atoms with Crippen LogP contribution in [0.2, 0.25) is 0 Å². The molecule has 0 saturated carbocycles. The zero-order chi connectivity index (χ0) is 16.1. The molecule has 118 valence electrons. The number of rotatable bonds is 6. The molecule has 0 aliphatic carbocycles. The van der Waals surface area contributed by atoms with E-state index in [4.69, 9.17) is 4.74 Å². The van der Waals surface area contributed by atoms with E-state index in [0.717, 1.165) is 4.47 Å². The van der Waals surface area contributed by atoms with Crippen molar-refractivity contribution in [1.29, 1.82) is 0 Å². The van der Waals surface area contributed by atoms with Gasteiger partial charge in [0.15, 0.2) is 0 Å². The van der Waals surface area contributed by atoms with Crippen LogP contribution in [0.4, 0.5) is 0 Å². The number of halogens is 1. The minimum Gasteiger partial charge on any atom is -0.496 e. The van der Waals surface area contributed by atoms with Gasteiger partial charge in [-0.25, -0.2) is 0 Å². The summed E-state index contributed by atoms with van der Waals surface area (Å²) in [5, 5.41) is 5.05. The molecule has 0 aliphatic rings. The predicted molar refractivity (Wildman–Crippen MR) is 93.8 cm³/mol. The smallest absolute Gasteiger partial charge is 0.251 e. The zero-order valence-electron chi connectivity index (χ0n) is 12.8. The van der Waals surface area contributed by atoms with Gasteiger partial charge in [-0.1, -0.05) is 6.07 Å². The Morgan fingerprint density at radius 1 is 1.41 bits per heavy atom. The van der Waals surface area contributed by atoms with Crippen molar-refractivity contribution in [2.24, 2.45) is 0 Å². The number of hydrogen-bond acceptors (Lipinski definition) is 4. The van der Waals surface area contributed by atoms with Gasteiger partial charge in [-0.2, -0.15) is 0 Å². The summed E-state index contributed by atoms with van der Waals surface area (Å²) < 4.78 is 5.94. The minimum atomic E-state index is -0.0910. The summed E-state index contributed by atoms with van der Waals surface area (Å²) in [6, 6.07) is 9.59. The molecule has 0 fully saturated rings. The lowest BCUT2D eigenvalue weighted by atomic mass is 10.2. The van der Waals surface area contributed by atoms with Crippen LogP contribution in [0.1, 0.15) is 21.3 Å². The fourth-order valence-corrected chi connectivity index (χ4v) is 3.58. The van der Waals surface area contributed by atoms with Crippen molar-refractivity contribution in [2.75, 3.05) is 27.7 Å². The van der Waals surface area contributed by atoms with Crippen LogP contribution in [0, 0.1) is 0 Å². The first-order valence-corrected chi connectivity index (χ1v) is 8.51. The Hall–Kier alpha value is -1.37. The van der Waals surface area contributed by atoms with E-state index in [0.29, 0.717) is 17.9 Å². The van der Waals surface area contributed by atoms with Crippen LogP contribution < -0.4 is 10.1 Å². The van der Waals surface area contributed by atoms with Crippen LogP contribution >= 0.6 is 27.3 Å². The molecule has 1 atom stereocenters. The molecule has 6 heteroatoms. The molecule has 1 aromatic carbocycles. The molecule has 0 radical (unpaired) electrons. The summed E-state index contributed by atoms with van der Waals surface area (Å²) in [7, 11) is 5.63. The highest BCUT2D eigenvalue weighted by Gasteiger charge is 2.17. The van der Waals surface area contributed by atoms with Crippen molar-refractivity contribution in [3.05, 3.63) is 50.6 Å². The van der Waals surface area contributed by atoms with Gasteiger partial charge in [-0.05, 0) is 59.7 Å². The highest BCUT2D eigenvalue weighted by atomic mass is 79.9. The molecular formula is C16H19BrN2O2S. The Kier molecular flexibility index (Phi) is 5.99. The van der Waals surface area contributed by atoms with Gasteiger partial charge in [0.25, 0.3) is 5.91 Å². The van der Waals surface area contributed by atoms with Crippen molar-refractivity contribution in [3.63, 3.8) is 0 Å². The van der Waals surface area contributed by atoms with Crippen molar-refractivity contribution < 1.29 is 9.53 Å². The Bertz CT molecular complexity index is 629. The van der Waals surface area contributed by atoms with E-state index in [1.54, 1.807) is 36.6 Å². The number of thiophene rings is 1. The van der Waals surface area contributed by atoms with Gasteiger partial charge in [0, 0.05) is 17.0 Å². The number of benzene rings is 1. The molecule has 22 heavy (non-hydrogen) atoms. The summed E-state index contributed by atoms with van der Waals surface area (Å²) in [6.45, 7) is 0.565. The maximum atomic E-state index is 12.3. The molecule has 4 nitrogen and oxygen atoms in total. The highest BCUT2D eigenvalue weighted by Crippen LogP contribution is 2.26. The van der Waals surface area contributed by atoms with Crippen LogP contribution in [0.15, 0.2) is 40.2 Å². The number of nitrogens with zero attached hydrogens (tertiary/aromatic N) is 1. The molecule has 2 aromatic rings. The molecule has 2 rings (SSSR count). The minimum absolute atomic E-state index is 0.0910. The second kappa shape index (κ2) is 7.76. The number of hydrogen-bond donors (Lipinski definition) is 1. The number of methoxy groups -OCH3 is 1. The number of likely N-dealkylation sites (N-methyl/N-ethyl adjacent to an activating group) is 1. The van der Waals surface area contributed by atoms with Gasteiger partial charge in [0.1, 0.15) is 5.75 Å². The molecule has 0 bridgehead atoms. The van der Waals surface area contributed by atoms with Crippen LogP contribution in [0.5, 0.6) is 5.75 Å². The third-order valence-corrected chi connectivity index (χ3v) is 4.96. The fourth-order valence-electron chi connectivity index (χ4n) is 2.12. The first-order chi connectivity index (χ1) is 10.5. The molecule has 0 saturated heterocycles. The Labute approximate surface area is 143 Å². The Morgan fingerprint density at radius 3 is 2.73 bits per heavy atom. The fraction of sp³-hybridized carbons (Fsp3) is 0.312. The monoisotopic (exact) mass is 382 g/mol. The lowest BCUT2D eigenvalue weighted by Gasteiger charge is -2.23. The normalized spacial score (nSPS) is 12.2. The average Bonchev–Trinajstić information content (AvgIpc) is 3.00. The lowest BCUT2D eigenvalue weighted by molar-refractivity contribution is 0.0942. The van der Waals surface area contributed by atoms with E-state index in [9.17, 15) is 4.79 Å². The van der Waals surface area contributed by atoms with Gasteiger partial charge in [0.2, 0.25) is 0 Å². The van der Waals surface area contributed by atoms with Crippen LogP contribution in [-0.4, -0.2) is 38.6 Å². The number of carbonyl (C=O) groups is 1. The third kappa shape index (κ3) is 4.09. The average molecular weight is 383 g/mol. The summed E-state index contributed by atoms with van der Waals surface area (Å²) in [5.74, 6) is 0.619. The number of ether oxygens (including phenoxy) is 1.